The predicted molar refractivity (Wildman–Crippen MR) is 76.4 cm³/mol. The zero-order chi connectivity index (χ0) is 12.8. The molecule has 0 spiro atoms. The van der Waals surface area contributed by atoms with E-state index in [2.05, 4.69) is 67.7 Å². The van der Waals surface area contributed by atoms with E-state index in [4.69, 9.17) is 0 Å². The Hall–Kier alpha value is -0.370. The van der Waals surface area contributed by atoms with Crippen LogP contribution in [0.1, 0.15) is 46.2 Å². The van der Waals surface area contributed by atoms with Crippen LogP contribution in [0.4, 0.5) is 0 Å². The molecule has 0 saturated heterocycles. The van der Waals surface area contributed by atoms with Crippen LogP contribution < -0.4 is 0 Å². The normalized spacial score (nSPS) is 25.3. The Labute approximate surface area is 113 Å². The third-order valence-electron chi connectivity index (χ3n) is 5.08. The van der Waals surface area contributed by atoms with Gasteiger partial charge < -0.3 is 0 Å². The van der Waals surface area contributed by atoms with Gasteiger partial charge in [0.05, 0.1) is 0 Å². The molecule has 17 heavy (non-hydrogen) atoms. The number of halogens is 1. The molecule has 0 bridgehead atoms. The number of hydrogen-bond donors (Lipinski definition) is 0. The Morgan fingerprint density at radius 1 is 1.18 bits per heavy atom. The van der Waals surface area contributed by atoms with Gasteiger partial charge in [-0.05, 0) is 28.9 Å². The fourth-order valence-corrected chi connectivity index (χ4v) is 4.73. The third-order valence-corrected chi connectivity index (χ3v) is 6.40. The van der Waals surface area contributed by atoms with Gasteiger partial charge in [0.15, 0.2) is 0 Å². The first kappa shape index (κ1) is 13.1. The van der Waals surface area contributed by atoms with Crippen molar-refractivity contribution in [2.24, 2.45) is 16.7 Å². The molecule has 94 valence electrons. The fourth-order valence-electron chi connectivity index (χ4n) is 3.14. The van der Waals surface area contributed by atoms with Crippen LogP contribution in [0.15, 0.2) is 24.4 Å². The van der Waals surface area contributed by atoms with Crippen LogP contribution in [0, 0.1) is 16.7 Å². The Morgan fingerprint density at radius 2 is 1.76 bits per heavy atom. The summed E-state index contributed by atoms with van der Waals surface area (Å²) in [5.41, 5.74) is 2.03. The zero-order valence-corrected chi connectivity index (χ0v) is 13.0. The number of aromatic nitrogens is 1. The van der Waals surface area contributed by atoms with E-state index in [-0.39, 0.29) is 0 Å². The van der Waals surface area contributed by atoms with Crippen LogP contribution in [0.2, 0.25) is 0 Å². The number of hydrogen-bond acceptors (Lipinski definition) is 1. The van der Waals surface area contributed by atoms with E-state index in [0.717, 1.165) is 0 Å². The molecule has 2 rings (SSSR count). The fraction of sp³-hybridized carbons (Fsp3) is 0.667. The van der Waals surface area contributed by atoms with Crippen molar-refractivity contribution in [1.82, 2.24) is 4.98 Å². The van der Waals surface area contributed by atoms with Crippen LogP contribution in [-0.4, -0.2) is 9.81 Å². The van der Waals surface area contributed by atoms with Gasteiger partial charge in [-0.15, -0.1) is 0 Å². The highest BCUT2D eigenvalue weighted by Crippen LogP contribution is 2.71. The van der Waals surface area contributed by atoms with E-state index in [9.17, 15) is 0 Å². The average molecular weight is 296 g/mol. The van der Waals surface area contributed by atoms with E-state index in [1.54, 1.807) is 0 Å². The summed E-state index contributed by atoms with van der Waals surface area (Å²) in [6.07, 6.45) is 1.88. The molecule has 0 radical (unpaired) electrons. The summed E-state index contributed by atoms with van der Waals surface area (Å²) >= 11 is 3.92. The molecule has 0 N–H and O–H groups in total. The minimum atomic E-state index is 0.421. The molecule has 2 atom stereocenters. The van der Waals surface area contributed by atoms with Crippen molar-refractivity contribution in [3.8, 4) is 0 Å². The maximum atomic E-state index is 4.48. The molecule has 1 aliphatic rings. The molecule has 1 nitrogen and oxygen atoms in total. The van der Waals surface area contributed by atoms with Gasteiger partial charge in [-0.2, -0.15) is 0 Å². The van der Waals surface area contributed by atoms with Gasteiger partial charge in [0.2, 0.25) is 0 Å². The highest BCUT2D eigenvalue weighted by molar-refractivity contribution is 9.09. The van der Waals surface area contributed by atoms with Crippen molar-refractivity contribution in [2.45, 2.75) is 45.4 Å². The first-order chi connectivity index (χ1) is 7.80. The third kappa shape index (κ3) is 1.95. The Balaban J connectivity index is 2.15. The highest BCUT2D eigenvalue weighted by Gasteiger charge is 2.67. The van der Waals surface area contributed by atoms with Gasteiger partial charge in [-0.3, -0.25) is 4.98 Å². The number of nitrogens with zero attached hydrogens (tertiary/aromatic N) is 1. The minimum Gasteiger partial charge on any atom is -0.261 e. The maximum absolute atomic E-state index is 4.48. The molecular weight excluding hydrogens is 274 g/mol. The lowest BCUT2D eigenvalue weighted by Gasteiger charge is -2.19. The summed E-state index contributed by atoms with van der Waals surface area (Å²) in [4.78, 5) is 4.98. The quantitative estimate of drug-likeness (QED) is 0.741. The molecule has 2 heteroatoms. The van der Waals surface area contributed by atoms with E-state index in [1.165, 1.54) is 5.69 Å². The number of alkyl halides is 1. The smallest absolute Gasteiger partial charge is 0.0443 e. The second-order valence-corrected chi connectivity index (χ2v) is 7.47. The van der Waals surface area contributed by atoms with Crippen LogP contribution in [0.25, 0.3) is 0 Å². The van der Waals surface area contributed by atoms with Gasteiger partial charge in [0.25, 0.3) is 0 Å². The Bertz CT molecular complexity index is 383. The van der Waals surface area contributed by atoms with Crippen molar-refractivity contribution in [3.05, 3.63) is 30.1 Å². The summed E-state index contributed by atoms with van der Waals surface area (Å²) < 4.78 is 0. The van der Waals surface area contributed by atoms with Crippen molar-refractivity contribution in [1.29, 1.82) is 0 Å². The van der Waals surface area contributed by atoms with E-state index in [1.807, 2.05) is 12.3 Å². The van der Waals surface area contributed by atoms with Gasteiger partial charge in [-0.25, -0.2) is 0 Å². The van der Waals surface area contributed by atoms with Crippen molar-refractivity contribution in [2.75, 3.05) is 0 Å². The van der Waals surface area contributed by atoms with Crippen molar-refractivity contribution in [3.63, 3.8) is 0 Å². The second-order valence-electron chi connectivity index (χ2n) is 6.41. The van der Waals surface area contributed by atoms with Gasteiger partial charge in [-0.1, -0.05) is 56.6 Å². The summed E-state index contributed by atoms with van der Waals surface area (Å²) in [5.74, 6) is 1.18. The van der Waals surface area contributed by atoms with E-state index >= 15 is 0 Å². The lowest BCUT2D eigenvalue weighted by molar-refractivity contribution is 0.457. The number of rotatable bonds is 3. The standard InChI is InChI=1S/C15H22BrN/c1-10(11-8-6-7-9-17-11)12(16)13-14(2,3)15(13,4)5/h6-10,12-13H,1-5H3. The average Bonchev–Trinajstić information content (AvgIpc) is 2.69. The van der Waals surface area contributed by atoms with E-state index < -0.39 is 0 Å². The maximum Gasteiger partial charge on any atom is 0.0443 e. The highest BCUT2D eigenvalue weighted by atomic mass is 79.9. The van der Waals surface area contributed by atoms with Crippen LogP contribution >= 0.6 is 15.9 Å². The molecular formula is C15H22BrN. The molecule has 0 aliphatic heterocycles. The molecule has 1 aromatic heterocycles. The molecule has 1 saturated carbocycles. The van der Waals surface area contributed by atoms with Gasteiger partial charge in [0, 0.05) is 22.6 Å². The molecule has 1 heterocycles. The summed E-state index contributed by atoms with van der Waals surface area (Å²) in [6.45, 7) is 11.8. The van der Waals surface area contributed by atoms with Crippen molar-refractivity contribution < 1.29 is 0 Å². The second kappa shape index (κ2) is 4.08. The van der Waals surface area contributed by atoms with Crippen LogP contribution in [-0.2, 0) is 0 Å². The van der Waals surface area contributed by atoms with Gasteiger partial charge >= 0.3 is 0 Å². The molecule has 0 aromatic carbocycles. The van der Waals surface area contributed by atoms with E-state index in [0.29, 0.717) is 27.5 Å². The lowest BCUT2D eigenvalue weighted by atomic mass is 9.96. The largest absolute Gasteiger partial charge is 0.261 e. The summed E-state index contributed by atoms with van der Waals surface area (Å²) in [6, 6.07) is 6.17. The molecule has 0 amide bonds. The molecule has 1 aromatic rings. The van der Waals surface area contributed by atoms with Crippen LogP contribution in [0.5, 0.6) is 0 Å². The van der Waals surface area contributed by atoms with Crippen molar-refractivity contribution >= 4 is 15.9 Å². The predicted octanol–water partition coefficient (Wildman–Crippen LogP) is 4.63. The van der Waals surface area contributed by atoms with Crippen LogP contribution in [0.3, 0.4) is 0 Å². The Kier molecular flexibility index (Phi) is 3.14. The summed E-state index contributed by atoms with van der Waals surface area (Å²) in [5, 5.41) is 0. The first-order valence-electron chi connectivity index (χ1n) is 6.35. The number of pyridine rings is 1. The SMILES string of the molecule is CC(c1ccccn1)C(Br)C1C(C)(C)C1(C)C. The molecule has 1 aliphatic carbocycles. The minimum absolute atomic E-state index is 0.421. The zero-order valence-electron chi connectivity index (χ0n) is 11.4. The first-order valence-corrected chi connectivity index (χ1v) is 7.26. The Morgan fingerprint density at radius 3 is 2.18 bits per heavy atom. The topological polar surface area (TPSA) is 12.9 Å². The molecule has 2 unspecified atom stereocenters. The lowest BCUT2D eigenvalue weighted by Crippen LogP contribution is -2.16. The monoisotopic (exact) mass is 295 g/mol. The van der Waals surface area contributed by atoms with Gasteiger partial charge in [0.1, 0.15) is 0 Å². The summed E-state index contributed by atoms with van der Waals surface area (Å²) in [7, 11) is 0. The molecule has 1 fully saturated rings.